The number of anilines is 1. The van der Waals surface area contributed by atoms with Crippen molar-refractivity contribution in [1.82, 2.24) is 9.71 Å². The predicted octanol–water partition coefficient (Wildman–Crippen LogP) is 2.46. The maximum atomic E-state index is 12.4. The summed E-state index contributed by atoms with van der Waals surface area (Å²) in [4.78, 5) is 6.72. The number of hydrogen-bond acceptors (Lipinski definition) is 5. The molecule has 1 N–H and O–H groups in total. The largest absolute Gasteiger partial charge is 0.356 e. The zero-order chi connectivity index (χ0) is 18.6. The highest BCUT2D eigenvalue weighted by Gasteiger charge is 2.23. The molecule has 0 unspecified atom stereocenters. The smallest absolute Gasteiger partial charge is 0.240 e. The van der Waals surface area contributed by atoms with Crippen molar-refractivity contribution in [3.63, 3.8) is 0 Å². The molecular weight excluding hydrogens is 348 g/mol. The first-order chi connectivity index (χ1) is 12.5. The van der Waals surface area contributed by atoms with E-state index >= 15 is 0 Å². The summed E-state index contributed by atoms with van der Waals surface area (Å²) in [6, 6.07) is 12.6. The van der Waals surface area contributed by atoms with Crippen LogP contribution < -0.4 is 9.62 Å². The van der Waals surface area contributed by atoms with E-state index in [1.165, 1.54) is 0 Å². The SMILES string of the molecule is Cc1ccc(S(=O)(=O)NCC2CCN(c3ncccc3C#N)CC2)cc1. The molecule has 26 heavy (non-hydrogen) atoms. The zero-order valence-corrected chi connectivity index (χ0v) is 15.5. The number of nitrogens with one attached hydrogen (secondary N) is 1. The van der Waals surface area contributed by atoms with Crippen LogP contribution in [0.1, 0.15) is 24.0 Å². The summed E-state index contributed by atoms with van der Waals surface area (Å²) in [5.41, 5.74) is 1.61. The van der Waals surface area contributed by atoms with Crippen molar-refractivity contribution >= 4 is 15.8 Å². The molecule has 1 aliphatic heterocycles. The zero-order valence-electron chi connectivity index (χ0n) is 14.7. The fraction of sp³-hybridized carbons (Fsp3) is 0.368. The van der Waals surface area contributed by atoms with E-state index in [-0.39, 0.29) is 5.92 Å². The molecular formula is C19H22N4O2S. The van der Waals surface area contributed by atoms with Gasteiger partial charge in [0.05, 0.1) is 10.5 Å². The molecule has 0 bridgehead atoms. The van der Waals surface area contributed by atoms with Gasteiger partial charge in [0.2, 0.25) is 10.0 Å². The minimum absolute atomic E-state index is 0.278. The number of nitriles is 1. The van der Waals surface area contributed by atoms with Gasteiger partial charge in [-0.05, 0) is 49.9 Å². The van der Waals surface area contributed by atoms with Crippen LogP contribution in [-0.4, -0.2) is 33.0 Å². The van der Waals surface area contributed by atoms with E-state index in [0.717, 1.165) is 31.5 Å². The number of piperidine rings is 1. The lowest BCUT2D eigenvalue weighted by molar-refractivity contribution is 0.400. The number of aromatic nitrogens is 1. The highest BCUT2D eigenvalue weighted by molar-refractivity contribution is 7.89. The molecule has 2 heterocycles. The molecule has 0 spiro atoms. The average Bonchev–Trinajstić information content (AvgIpc) is 2.67. The third kappa shape index (κ3) is 4.21. The van der Waals surface area contributed by atoms with Crippen LogP contribution >= 0.6 is 0 Å². The average molecular weight is 370 g/mol. The van der Waals surface area contributed by atoms with Crippen molar-refractivity contribution in [1.29, 1.82) is 5.26 Å². The van der Waals surface area contributed by atoms with Gasteiger partial charge < -0.3 is 4.90 Å². The Bertz CT molecular complexity index is 896. The first-order valence-corrected chi connectivity index (χ1v) is 10.1. The van der Waals surface area contributed by atoms with Gasteiger partial charge in [-0.25, -0.2) is 18.1 Å². The molecule has 1 aliphatic rings. The van der Waals surface area contributed by atoms with Crippen LogP contribution in [0.25, 0.3) is 0 Å². The second-order valence-corrected chi connectivity index (χ2v) is 8.35. The Morgan fingerprint density at radius 2 is 1.92 bits per heavy atom. The molecule has 0 amide bonds. The maximum Gasteiger partial charge on any atom is 0.240 e. The number of rotatable bonds is 5. The minimum atomic E-state index is -3.47. The Hall–Kier alpha value is -2.43. The lowest BCUT2D eigenvalue weighted by Crippen LogP contribution is -2.39. The van der Waals surface area contributed by atoms with Crippen LogP contribution in [-0.2, 0) is 10.0 Å². The van der Waals surface area contributed by atoms with Crippen molar-refractivity contribution in [2.24, 2.45) is 5.92 Å². The van der Waals surface area contributed by atoms with Gasteiger partial charge in [0, 0.05) is 25.8 Å². The summed E-state index contributed by atoms with van der Waals surface area (Å²) in [5, 5.41) is 9.21. The molecule has 0 atom stereocenters. The normalized spacial score (nSPS) is 15.6. The van der Waals surface area contributed by atoms with Crippen LogP contribution in [0.2, 0.25) is 0 Å². The first kappa shape index (κ1) is 18.4. The van der Waals surface area contributed by atoms with Gasteiger partial charge in [-0.15, -0.1) is 0 Å². The molecule has 0 saturated carbocycles. The summed E-state index contributed by atoms with van der Waals surface area (Å²) >= 11 is 0. The first-order valence-electron chi connectivity index (χ1n) is 8.66. The Kier molecular flexibility index (Phi) is 5.55. The van der Waals surface area contributed by atoms with E-state index < -0.39 is 10.0 Å². The van der Waals surface area contributed by atoms with Crippen LogP contribution in [0, 0.1) is 24.2 Å². The van der Waals surface area contributed by atoms with Gasteiger partial charge in [-0.3, -0.25) is 0 Å². The van der Waals surface area contributed by atoms with E-state index in [4.69, 9.17) is 0 Å². The van der Waals surface area contributed by atoms with Gasteiger partial charge >= 0.3 is 0 Å². The number of aryl methyl sites for hydroxylation is 1. The Morgan fingerprint density at radius 1 is 1.23 bits per heavy atom. The Morgan fingerprint density at radius 3 is 2.58 bits per heavy atom. The molecule has 2 aromatic rings. The standard InChI is InChI=1S/C19H22N4O2S/c1-15-4-6-18(7-5-15)26(24,25)22-14-16-8-11-23(12-9-16)19-17(13-20)3-2-10-21-19/h2-7,10,16,22H,8-9,11-12,14H2,1H3. The second kappa shape index (κ2) is 7.85. The molecule has 1 aromatic carbocycles. The summed E-state index contributed by atoms with van der Waals surface area (Å²) in [7, 11) is -3.47. The van der Waals surface area contributed by atoms with Crippen LogP contribution in [0.3, 0.4) is 0 Å². The molecule has 3 rings (SSSR count). The van der Waals surface area contributed by atoms with Gasteiger partial charge in [0.25, 0.3) is 0 Å². The summed E-state index contributed by atoms with van der Waals surface area (Å²) < 4.78 is 27.5. The van der Waals surface area contributed by atoms with E-state index in [0.29, 0.717) is 22.8 Å². The van der Waals surface area contributed by atoms with Gasteiger partial charge in [-0.1, -0.05) is 17.7 Å². The lowest BCUT2D eigenvalue weighted by atomic mass is 9.97. The molecule has 0 radical (unpaired) electrons. The topological polar surface area (TPSA) is 86.1 Å². The van der Waals surface area contributed by atoms with Crippen molar-refractivity contribution < 1.29 is 8.42 Å². The molecule has 0 aliphatic carbocycles. The number of pyridine rings is 1. The summed E-state index contributed by atoms with van der Waals surface area (Å²) in [5.74, 6) is 0.995. The number of benzene rings is 1. The van der Waals surface area contributed by atoms with E-state index in [1.54, 1.807) is 42.6 Å². The monoisotopic (exact) mass is 370 g/mol. The Labute approximate surface area is 154 Å². The molecule has 1 aromatic heterocycles. The fourth-order valence-electron chi connectivity index (χ4n) is 3.11. The van der Waals surface area contributed by atoms with Crippen molar-refractivity contribution in [2.45, 2.75) is 24.7 Å². The van der Waals surface area contributed by atoms with E-state index in [9.17, 15) is 13.7 Å². The highest BCUT2D eigenvalue weighted by atomic mass is 32.2. The number of hydrogen-bond donors (Lipinski definition) is 1. The number of sulfonamides is 1. The van der Waals surface area contributed by atoms with Crippen molar-refractivity contribution in [3.8, 4) is 6.07 Å². The van der Waals surface area contributed by atoms with E-state index in [2.05, 4.69) is 20.7 Å². The minimum Gasteiger partial charge on any atom is -0.356 e. The summed E-state index contributed by atoms with van der Waals surface area (Å²) in [6.07, 6.45) is 3.41. The van der Waals surface area contributed by atoms with Crippen LogP contribution in [0.4, 0.5) is 5.82 Å². The predicted molar refractivity (Wildman–Crippen MR) is 100 cm³/mol. The molecule has 7 heteroatoms. The quantitative estimate of drug-likeness (QED) is 0.874. The molecule has 136 valence electrons. The Balaban J connectivity index is 1.56. The molecule has 6 nitrogen and oxygen atoms in total. The maximum absolute atomic E-state index is 12.4. The fourth-order valence-corrected chi connectivity index (χ4v) is 4.23. The van der Waals surface area contributed by atoms with Gasteiger partial charge in [-0.2, -0.15) is 5.26 Å². The third-order valence-corrected chi connectivity index (χ3v) is 6.15. The van der Waals surface area contributed by atoms with Gasteiger partial charge in [0.15, 0.2) is 0 Å². The molecule has 1 fully saturated rings. The van der Waals surface area contributed by atoms with Crippen molar-refractivity contribution in [3.05, 3.63) is 53.7 Å². The van der Waals surface area contributed by atoms with E-state index in [1.807, 2.05) is 6.92 Å². The molecule has 1 saturated heterocycles. The van der Waals surface area contributed by atoms with Crippen molar-refractivity contribution in [2.75, 3.05) is 24.5 Å². The lowest BCUT2D eigenvalue weighted by Gasteiger charge is -2.33. The summed E-state index contributed by atoms with van der Waals surface area (Å²) in [6.45, 7) is 3.89. The van der Waals surface area contributed by atoms with Crippen LogP contribution in [0.15, 0.2) is 47.5 Å². The van der Waals surface area contributed by atoms with Gasteiger partial charge in [0.1, 0.15) is 11.9 Å². The highest BCUT2D eigenvalue weighted by Crippen LogP contribution is 2.24. The third-order valence-electron chi connectivity index (χ3n) is 4.71. The number of nitrogens with zero attached hydrogens (tertiary/aromatic N) is 3. The van der Waals surface area contributed by atoms with Crippen LogP contribution in [0.5, 0.6) is 0 Å². The second-order valence-electron chi connectivity index (χ2n) is 6.58.